The summed E-state index contributed by atoms with van der Waals surface area (Å²) in [6.07, 6.45) is 69.5. The van der Waals surface area contributed by atoms with Gasteiger partial charge in [0.15, 0.2) is 6.10 Å². The maximum Gasteiger partial charge on any atom is 0.306 e. The number of hydrogen-bond donors (Lipinski definition) is 0. The van der Waals surface area contributed by atoms with Gasteiger partial charge in [0.2, 0.25) is 0 Å². The van der Waals surface area contributed by atoms with Crippen molar-refractivity contribution >= 4 is 17.9 Å². The lowest BCUT2D eigenvalue weighted by Crippen LogP contribution is -2.30. The fourth-order valence-corrected chi connectivity index (χ4v) is 6.68. The van der Waals surface area contributed by atoms with E-state index in [1.54, 1.807) is 0 Å². The second-order valence-electron chi connectivity index (χ2n) is 16.7. The predicted octanol–water partition coefficient (Wildman–Crippen LogP) is 17.1. The third-order valence-corrected chi connectivity index (χ3v) is 10.5. The van der Waals surface area contributed by atoms with Crippen LogP contribution >= 0.6 is 0 Å². The molecule has 0 fully saturated rings. The smallest absolute Gasteiger partial charge is 0.306 e. The Labute approximate surface area is 393 Å². The average Bonchev–Trinajstić information content (AvgIpc) is 3.29. The minimum Gasteiger partial charge on any atom is -0.462 e. The third-order valence-electron chi connectivity index (χ3n) is 10.5. The molecule has 64 heavy (non-hydrogen) atoms. The molecule has 1 atom stereocenters. The zero-order chi connectivity index (χ0) is 46.5. The summed E-state index contributed by atoms with van der Waals surface area (Å²) < 4.78 is 16.7. The first-order valence-corrected chi connectivity index (χ1v) is 25.9. The van der Waals surface area contributed by atoms with Crippen molar-refractivity contribution in [2.24, 2.45) is 0 Å². The molecule has 0 amide bonds. The van der Waals surface area contributed by atoms with Crippen LogP contribution in [-0.2, 0) is 28.6 Å². The van der Waals surface area contributed by atoms with E-state index >= 15 is 0 Å². The van der Waals surface area contributed by atoms with E-state index < -0.39 is 12.1 Å². The number of allylic oxidation sites excluding steroid dienone is 18. The third kappa shape index (κ3) is 49.1. The van der Waals surface area contributed by atoms with Crippen molar-refractivity contribution in [2.45, 2.75) is 226 Å². The summed E-state index contributed by atoms with van der Waals surface area (Å²) >= 11 is 0. The first-order valence-electron chi connectivity index (χ1n) is 25.9. The molecule has 0 saturated heterocycles. The van der Waals surface area contributed by atoms with Gasteiger partial charge in [0.25, 0.3) is 0 Å². The van der Waals surface area contributed by atoms with E-state index in [0.717, 1.165) is 96.3 Å². The van der Waals surface area contributed by atoms with Gasteiger partial charge >= 0.3 is 17.9 Å². The Bertz CT molecular complexity index is 1340. The van der Waals surface area contributed by atoms with Gasteiger partial charge in [-0.25, -0.2) is 0 Å². The molecule has 362 valence electrons. The van der Waals surface area contributed by atoms with Crippen LogP contribution < -0.4 is 0 Å². The number of carbonyl (C=O) groups is 3. The topological polar surface area (TPSA) is 78.9 Å². The number of ether oxygens (including phenoxy) is 3. The van der Waals surface area contributed by atoms with E-state index in [0.29, 0.717) is 19.3 Å². The van der Waals surface area contributed by atoms with Gasteiger partial charge in [-0.1, -0.05) is 201 Å². The van der Waals surface area contributed by atoms with Gasteiger partial charge in [0.1, 0.15) is 13.2 Å². The lowest BCUT2D eigenvalue weighted by molar-refractivity contribution is -0.166. The minimum absolute atomic E-state index is 0.126. The molecule has 0 aliphatic carbocycles. The van der Waals surface area contributed by atoms with Crippen LogP contribution in [0.2, 0.25) is 0 Å². The molecule has 0 heterocycles. The van der Waals surface area contributed by atoms with Crippen molar-refractivity contribution in [3.63, 3.8) is 0 Å². The highest BCUT2D eigenvalue weighted by Crippen LogP contribution is 2.13. The molecule has 6 nitrogen and oxygen atoms in total. The maximum absolute atomic E-state index is 12.8. The number of rotatable bonds is 45. The van der Waals surface area contributed by atoms with Crippen LogP contribution in [0.3, 0.4) is 0 Å². The number of hydrogen-bond acceptors (Lipinski definition) is 6. The lowest BCUT2D eigenvalue weighted by atomic mass is 10.1. The average molecular weight is 887 g/mol. The standard InChI is InChI=1S/C58H94O6/c1-4-7-10-13-16-19-22-25-27-29-30-32-33-36-39-42-45-48-51-57(60)63-54-55(53-62-56(59)50-47-44-41-38-35-24-21-18-15-12-9-6-3)64-58(61)52-49-46-43-40-37-34-31-28-26-23-20-17-14-11-8-5-2/h8-9,11-12,17-18,20-21,26,28,30,32,34-35,37-38,43,46,55H,4-7,10,13-16,19,22-25,27,29,31,33,36,39-42,44-45,47-54H2,1-3H3/b11-8-,12-9-,20-17-,21-18-,28-26-,32-30-,37-34-,38-35-,46-43-. The largest absolute Gasteiger partial charge is 0.462 e. The minimum atomic E-state index is -0.837. The summed E-state index contributed by atoms with van der Waals surface area (Å²) in [7, 11) is 0. The normalized spacial score (nSPS) is 13.0. The van der Waals surface area contributed by atoms with Gasteiger partial charge in [-0.05, 0) is 109 Å². The van der Waals surface area contributed by atoms with E-state index in [-0.39, 0.29) is 38.0 Å². The Balaban J connectivity index is 4.53. The monoisotopic (exact) mass is 887 g/mol. The Morgan fingerprint density at radius 2 is 0.641 bits per heavy atom. The van der Waals surface area contributed by atoms with Crippen LogP contribution in [0.4, 0.5) is 0 Å². The van der Waals surface area contributed by atoms with Crippen LogP contribution in [0.25, 0.3) is 0 Å². The van der Waals surface area contributed by atoms with Crippen molar-refractivity contribution in [1.29, 1.82) is 0 Å². The molecular weight excluding hydrogens is 793 g/mol. The number of carbonyl (C=O) groups excluding carboxylic acids is 3. The molecule has 0 rings (SSSR count). The first kappa shape index (κ1) is 60.1. The molecule has 0 aliphatic rings. The van der Waals surface area contributed by atoms with E-state index in [1.165, 1.54) is 70.6 Å². The second-order valence-corrected chi connectivity index (χ2v) is 16.7. The van der Waals surface area contributed by atoms with Gasteiger partial charge in [0.05, 0.1) is 0 Å². The molecule has 0 spiro atoms. The zero-order valence-electron chi connectivity index (χ0n) is 41.3. The van der Waals surface area contributed by atoms with Crippen molar-refractivity contribution in [1.82, 2.24) is 0 Å². The molecule has 0 aromatic rings. The van der Waals surface area contributed by atoms with E-state index in [9.17, 15) is 14.4 Å². The Kier molecular flexibility index (Phi) is 48.5. The second kappa shape index (κ2) is 51.7. The quantitative estimate of drug-likeness (QED) is 0.0262. The van der Waals surface area contributed by atoms with Crippen LogP contribution in [0.1, 0.15) is 220 Å². The number of esters is 3. The summed E-state index contributed by atoms with van der Waals surface area (Å²) in [5.74, 6) is -1.06. The van der Waals surface area contributed by atoms with Gasteiger partial charge in [-0.3, -0.25) is 14.4 Å². The SMILES string of the molecule is CC/C=C\C/C=C\C/C=C\C/C=C\C/C=C\CCC(=O)OC(COC(=O)CCCC/C=C\C/C=C\C/C=C\CC)COC(=O)CCCCCCC/C=C\CCCCCCCCCCC. The Morgan fingerprint density at radius 3 is 1.06 bits per heavy atom. The Hall–Kier alpha value is -3.93. The van der Waals surface area contributed by atoms with Crippen LogP contribution in [0.5, 0.6) is 0 Å². The highest BCUT2D eigenvalue weighted by molar-refractivity contribution is 5.71. The fourth-order valence-electron chi connectivity index (χ4n) is 6.68. The summed E-state index contributed by atoms with van der Waals surface area (Å²) in [4.78, 5) is 37.9. The first-order chi connectivity index (χ1) is 31.5. The van der Waals surface area contributed by atoms with Crippen molar-refractivity contribution in [3.8, 4) is 0 Å². The van der Waals surface area contributed by atoms with Crippen LogP contribution in [0.15, 0.2) is 109 Å². The highest BCUT2D eigenvalue weighted by atomic mass is 16.6. The fraction of sp³-hybridized carbons (Fsp3) is 0.638. The molecule has 0 bridgehead atoms. The molecule has 1 unspecified atom stereocenters. The lowest BCUT2D eigenvalue weighted by Gasteiger charge is -2.18. The molecule has 0 aliphatic heterocycles. The van der Waals surface area contributed by atoms with Gasteiger partial charge < -0.3 is 14.2 Å². The molecule has 0 aromatic heterocycles. The highest BCUT2D eigenvalue weighted by Gasteiger charge is 2.19. The van der Waals surface area contributed by atoms with Crippen molar-refractivity contribution in [2.75, 3.05) is 13.2 Å². The summed E-state index contributed by atoms with van der Waals surface area (Å²) in [5.41, 5.74) is 0. The summed E-state index contributed by atoms with van der Waals surface area (Å²) in [6, 6.07) is 0. The number of unbranched alkanes of at least 4 members (excludes halogenated alkanes) is 16. The molecule has 0 radical (unpaired) electrons. The van der Waals surface area contributed by atoms with Gasteiger partial charge in [-0.2, -0.15) is 0 Å². The van der Waals surface area contributed by atoms with E-state index in [2.05, 4.69) is 118 Å². The molecule has 0 aromatic carbocycles. The van der Waals surface area contributed by atoms with E-state index in [4.69, 9.17) is 14.2 Å². The summed E-state index contributed by atoms with van der Waals surface area (Å²) in [6.45, 7) is 6.29. The van der Waals surface area contributed by atoms with E-state index in [1.807, 2.05) is 12.2 Å². The van der Waals surface area contributed by atoms with Crippen LogP contribution in [-0.4, -0.2) is 37.2 Å². The summed E-state index contributed by atoms with van der Waals surface area (Å²) in [5, 5.41) is 0. The predicted molar refractivity (Wildman–Crippen MR) is 274 cm³/mol. The molecule has 0 N–H and O–H groups in total. The Morgan fingerprint density at radius 1 is 0.328 bits per heavy atom. The van der Waals surface area contributed by atoms with Crippen LogP contribution in [0, 0.1) is 0 Å². The molecule has 6 heteroatoms. The maximum atomic E-state index is 12.8. The van der Waals surface area contributed by atoms with Crippen molar-refractivity contribution < 1.29 is 28.6 Å². The van der Waals surface area contributed by atoms with Gasteiger partial charge in [-0.15, -0.1) is 0 Å². The zero-order valence-corrected chi connectivity index (χ0v) is 41.3. The molecular formula is C58H94O6. The van der Waals surface area contributed by atoms with Gasteiger partial charge in [0, 0.05) is 19.3 Å². The van der Waals surface area contributed by atoms with Crippen molar-refractivity contribution in [3.05, 3.63) is 109 Å². The molecule has 0 saturated carbocycles.